The molecule has 5 rings (SSSR count). The van der Waals surface area contributed by atoms with Gasteiger partial charge in [0.05, 0.1) is 19.3 Å². The van der Waals surface area contributed by atoms with Gasteiger partial charge >= 0.3 is 0 Å². The molecule has 2 aliphatic heterocycles. The lowest BCUT2D eigenvalue weighted by Crippen LogP contribution is -2.50. The zero-order valence-corrected chi connectivity index (χ0v) is 19.8. The molecule has 5 nitrogen and oxygen atoms in total. The number of hydrogen-bond donors (Lipinski definition) is 0. The molecule has 33 heavy (non-hydrogen) atoms. The van der Waals surface area contributed by atoms with Gasteiger partial charge in [0.25, 0.3) is 11.8 Å². The molecule has 1 saturated heterocycles. The van der Waals surface area contributed by atoms with Gasteiger partial charge in [0.1, 0.15) is 5.75 Å². The predicted molar refractivity (Wildman–Crippen MR) is 132 cm³/mol. The highest BCUT2D eigenvalue weighted by Crippen LogP contribution is 2.55. The minimum Gasteiger partial charge on any atom is -0.497 e. The van der Waals surface area contributed by atoms with Gasteiger partial charge in [-0.25, -0.2) is 0 Å². The van der Waals surface area contributed by atoms with E-state index in [2.05, 4.69) is 24.3 Å². The Kier molecular flexibility index (Phi) is 5.41. The molecule has 3 aromatic rings. The van der Waals surface area contributed by atoms with E-state index in [-0.39, 0.29) is 11.8 Å². The number of amides is 2. The van der Waals surface area contributed by atoms with Crippen LogP contribution < -0.4 is 9.64 Å². The van der Waals surface area contributed by atoms with Gasteiger partial charge in [0.15, 0.2) is 4.87 Å². The number of carbonyl (C=O) groups is 2. The van der Waals surface area contributed by atoms with E-state index >= 15 is 0 Å². The highest BCUT2D eigenvalue weighted by atomic mass is 32.2. The minimum atomic E-state index is -1.09. The second-order valence-electron chi connectivity index (χ2n) is 8.52. The van der Waals surface area contributed by atoms with Crippen LogP contribution in [0.1, 0.15) is 32.6 Å². The Morgan fingerprint density at radius 3 is 2.55 bits per heavy atom. The van der Waals surface area contributed by atoms with E-state index in [0.717, 1.165) is 22.4 Å². The van der Waals surface area contributed by atoms with E-state index in [1.165, 1.54) is 17.3 Å². The van der Waals surface area contributed by atoms with E-state index in [1.54, 1.807) is 12.0 Å². The van der Waals surface area contributed by atoms with E-state index < -0.39 is 4.87 Å². The summed E-state index contributed by atoms with van der Waals surface area (Å²) in [4.78, 5) is 30.4. The maximum atomic E-state index is 14.2. The van der Waals surface area contributed by atoms with Gasteiger partial charge in [-0.05, 0) is 49.2 Å². The Morgan fingerprint density at radius 1 is 1.06 bits per heavy atom. The average Bonchev–Trinajstić information content (AvgIpc) is 3.37. The largest absolute Gasteiger partial charge is 0.497 e. The van der Waals surface area contributed by atoms with Crippen LogP contribution in [0.2, 0.25) is 0 Å². The second kappa shape index (κ2) is 8.27. The van der Waals surface area contributed by atoms with Crippen molar-refractivity contribution in [1.82, 2.24) is 4.90 Å². The van der Waals surface area contributed by atoms with Crippen molar-refractivity contribution >= 4 is 29.3 Å². The summed E-state index contributed by atoms with van der Waals surface area (Å²) in [5, 5.41) is 0. The molecule has 0 N–H and O–H groups in total. The summed E-state index contributed by atoms with van der Waals surface area (Å²) < 4.78 is 5.50. The SMILES string of the molecule is COc1ccc2c(c1)C1(SCCN1C(=O)c1ccccc1C)C(=O)N2Cc1ccc(C)cc1. The normalized spacial score (nSPS) is 19.3. The zero-order valence-electron chi connectivity index (χ0n) is 19.0. The van der Waals surface area contributed by atoms with Crippen molar-refractivity contribution in [2.24, 2.45) is 0 Å². The molecule has 1 fully saturated rings. The molecule has 1 atom stereocenters. The summed E-state index contributed by atoms with van der Waals surface area (Å²) in [5.41, 5.74) is 5.42. The topological polar surface area (TPSA) is 49.9 Å². The lowest BCUT2D eigenvalue weighted by molar-refractivity contribution is -0.123. The quantitative estimate of drug-likeness (QED) is 0.558. The Morgan fingerprint density at radius 2 is 1.82 bits per heavy atom. The fourth-order valence-corrected chi connectivity index (χ4v) is 6.16. The van der Waals surface area contributed by atoms with Gasteiger partial charge in [-0.1, -0.05) is 48.0 Å². The van der Waals surface area contributed by atoms with Crippen LogP contribution >= 0.6 is 11.8 Å². The number of methoxy groups -OCH3 is 1. The summed E-state index contributed by atoms with van der Waals surface area (Å²) in [6.07, 6.45) is 0. The van der Waals surface area contributed by atoms with E-state index in [4.69, 9.17) is 4.74 Å². The number of aryl methyl sites for hydroxylation is 2. The fraction of sp³-hybridized carbons (Fsp3) is 0.259. The second-order valence-corrected chi connectivity index (χ2v) is 9.81. The number of fused-ring (bicyclic) bond motifs is 2. The Labute approximate surface area is 198 Å². The summed E-state index contributed by atoms with van der Waals surface area (Å²) in [5.74, 6) is 1.18. The van der Waals surface area contributed by atoms with Crippen LogP contribution in [0.15, 0.2) is 66.7 Å². The highest BCUT2D eigenvalue weighted by molar-refractivity contribution is 8.01. The number of rotatable bonds is 4. The number of carbonyl (C=O) groups excluding carboxylic acids is 2. The van der Waals surface area contributed by atoms with Crippen LogP contribution in [0.3, 0.4) is 0 Å². The van der Waals surface area contributed by atoms with Gasteiger partial charge in [-0.15, -0.1) is 11.8 Å². The lowest BCUT2D eigenvalue weighted by Gasteiger charge is -2.33. The molecule has 0 aliphatic carbocycles. The van der Waals surface area contributed by atoms with Crippen molar-refractivity contribution in [2.75, 3.05) is 24.3 Å². The number of nitrogens with zero attached hydrogens (tertiary/aromatic N) is 2. The Hall–Kier alpha value is -3.25. The molecule has 0 radical (unpaired) electrons. The lowest BCUT2D eigenvalue weighted by atomic mass is 10.0. The van der Waals surface area contributed by atoms with Gasteiger partial charge in [-0.2, -0.15) is 0 Å². The first-order valence-corrected chi connectivity index (χ1v) is 12.0. The Balaban J connectivity index is 1.62. The third-order valence-corrected chi connectivity index (χ3v) is 7.90. The molecule has 1 spiro atoms. The molecule has 2 aliphatic rings. The molecule has 6 heteroatoms. The number of benzene rings is 3. The summed E-state index contributed by atoms with van der Waals surface area (Å²) in [6.45, 7) is 4.94. The van der Waals surface area contributed by atoms with Crippen LogP contribution in [-0.4, -0.2) is 36.1 Å². The first-order valence-electron chi connectivity index (χ1n) is 11.0. The van der Waals surface area contributed by atoms with Gasteiger partial charge < -0.3 is 14.5 Å². The fourth-order valence-electron chi connectivity index (χ4n) is 4.71. The van der Waals surface area contributed by atoms with Crippen LogP contribution in [-0.2, 0) is 16.2 Å². The number of ether oxygens (including phenoxy) is 1. The molecule has 0 aromatic heterocycles. The monoisotopic (exact) mass is 458 g/mol. The minimum absolute atomic E-state index is 0.0734. The van der Waals surface area contributed by atoms with Crippen molar-refractivity contribution < 1.29 is 14.3 Å². The predicted octanol–water partition coefficient (Wildman–Crippen LogP) is 4.90. The highest BCUT2D eigenvalue weighted by Gasteiger charge is 2.59. The van der Waals surface area contributed by atoms with E-state index in [1.807, 2.05) is 61.2 Å². The third-order valence-electron chi connectivity index (χ3n) is 6.48. The average molecular weight is 459 g/mol. The first kappa shape index (κ1) is 21.6. The van der Waals surface area contributed by atoms with Gasteiger partial charge in [0, 0.05) is 23.4 Å². The summed E-state index contributed by atoms with van der Waals surface area (Å²) in [7, 11) is 1.62. The molecular weight excluding hydrogens is 432 g/mol. The number of anilines is 1. The Bertz CT molecular complexity index is 1240. The molecular formula is C27H26N2O3S. The molecule has 2 amide bonds. The standard InChI is InChI=1S/C27H26N2O3S/c1-18-8-10-20(11-9-18)17-28-24-13-12-21(32-3)16-23(24)27(26(28)31)29(14-15-33-27)25(30)22-7-5-4-6-19(22)2/h4-13,16H,14-15,17H2,1-3H3. The van der Waals surface area contributed by atoms with Crippen molar-refractivity contribution in [1.29, 1.82) is 0 Å². The number of hydrogen-bond acceptors (Lipinski definition) is 4. The van der Waals surface area contributed by atoms with Crippen molar-refractivity contribution in [3.05, 3.63) is 94.5 Å². The van der Waals surface area contributed by atoms with Crippen molar-refractivity contribution in [3.8, 4) is 5.75 Å². The first-order chi connectivity index (χ1) is 16.0. The summed E-state index contributed by atoms with van der Waals surface area (Å²) in [6, 6.07) is 21.5. The van der Waals surface area contributed by atoms with Crippen LogP contribution in [0, 0.1) is 13.8 Å². The van der Waals surface area contributed by atoms with Crippen LogP contribution in [0.25, 0.3) is 0 Å². The maximum Gasteiger partial charge on any atom is 0.268 e. The zero-order chi connectivity index (χ0) is 23.2. The van der Waals surface area contributed by atoms with Gasteiger partial charge in [-0.3, -0.25) is 9.59 Å². The maximum absolute atomic E-state index is 14.2. The van der Waals surface area contributed by atoms with E-state index in [0.29, 0.717) is 30.2 Å². The van der Waals surface area contributed by atoms with Gasteiger partial charge in [0.2, 0.25) is 0 Å². The molecule has 1 unspecified atom stereocenters. The molecule has 0 saturated carbocycles. The molecule has 0 bridgehead atoms. The van der Waals surface area contributed by atoms with Crippen molar-refractivity contribution in [2.45, 2.75) is 25.3 Å². The molecule has 3 aromatic carbocycles. The number of thioether (sulfide) groups is 1. The van der Waals surface area contributed by atoms with Crippen LogP contribution in [0.4, 0.5) is 5.69 Å². The van der Waals surface area contributed by atoms with Crippen molar-refractivity contribution in [3.63, 3.8) is 0 Å². The third kappa shape index (κ3) is 3.40. The smallest absolute Gasteiger partial charge is 0.268 e. The molecule has 2 heterocycles. The van der Waals surface area contributed by atoms with Crippen LogP contribution in [0.5, 0.6) is 5.75 Å². The molecule has 168 valence electrons. The summed E-state index contributed by atoms with van der Waals surface area (Å²) >= 11 is 1.53. The van der Waals surface area contributed by atoms with E-state index in [9.17, 15) is 9.59 Å².